The number of hydrogen-bond donors (Lipinski definition) is 1. The van der Waals surface area contributed by atoms with Crippen molar-refractivity contribution in [1.29, 1.82) is 0 Å². The third-order valence-electron chi connectivity index (χ3n) is 5.03. The minimum Gasteiger partial charge on any atom is -0.376 e. The molecule has 0 radical (unpaired) electrons. The SMILES string of the molecule is c1cncc(CN2CCc3ncnc(NCC4CCCO4)c3CC2)c1. The molecule has 0 amide bonds. The molecule has 1 fully saturated rings. The second kappa shape index (κ2) is 7.89. The van der Waals surface area contributed by atoms with Crippen LogP contribution in [0.1, 0.15) is 29.7 Å². The number of ether oxygens (including phenoxy) is 1. The van der Waals surface area contributed by atoms with Crippen molar-refractivity contribution in [3.8, 4) is 0 Å². The van der Waals surface area contributed by atoms with Gasteiger partial charge in [0.2, 0.25) is 0 Å². The van der Waals surface area contributed by atoms with Gasteiger partial charge < -0.3 is 10.1 Å². The molecule has 6 nitrogen and oxygen atoms in total. The molecule has 0 saturated carbocycles. The molecule has 6 heteroatoms. The molecule has 0 aliphatic carbocycles. The van der Waals surface area contributed by atoms with E-state index in [1.165, 1.54) is 16.8 Å². The maximum Gasteiger partial charge on any atom is 0.132 e. The van der Waals surface area contributed by atoms with Gasteiger partial charge in [0.25, 0.3) is 0 Å². The molecule has 2 aromatic rings. The molecule has 1 atom stereocenters. The molecule has 2 aliphatic heterocycles. The summed E-state index contributed by atoms with van der Waals surface area (Å²) in [6.45, 7) is 4.70. The van der Waals surface area contributed by atoms with Crippen LogP contribution in [0.5, 0.6) is 0 Å². The van der Waals surface area contributed by atoms with E-state index >= 15 is 0 Å². The summed E-state index contributed by atoms with van der Waals surface area (Å²) in [6.07, 6.45) is 10.0. The molecule has 0 spiro atoms. The average Bonchev–Trinajstić information content (AvgIpc) is 3.09. The van der Waals surface area contributed by atoms with Crippen LogP contribution in [0.4, 0.5) is 5.82 Å². The standard InChI is InChI=1S/C19H25N5O/c1-3-15(11-20-7-1)13-24-8-5-17-18(6-9-24)22-14-23-19(17)21-12-16-4-2-10-25-16/h1,3,7,11,14,16H,2,4-6,8-10,12-13H2,(H,21,22,23). The van der Waals surface area contributed by atoms with Crippen molar-refractivity contribution >= 4 is 5.82 Å². The highest BCUT2D eigenvalue weighted by Gasteiger charge is 2.20. The van der Waals surface area contributed by atoms with Crippen LogP contribution in [0, 0.1) is 0 Å². The molecule has 0 bridgehead atoms. The average molecular weight is 339 g/mol. The third-order valence-corrected chi connectivity index (χ3v) is 5.03. The minimum atomic E-state index is 0.318. The Morgan fingerprint density at radius 2 is 2.20 bits per heavy atom. The van der Waals surface area contributed by atoms with E-state index < -0.39 is 0 Å². The molecule has 2 aliphatic rings. The monoisotopic (exact) mass is 339 g/mol. The molecule has 4 heterocycles. The van der Waals surface area contributed by atoms with Crippen LogP contribution < -0.4 is 5.32 Å². The van der Waals surface area contributed by atoms with Crippen molar-refractivity contribution in [3.63, 3.8) is 0 Å². The van der Waals surface area contributed by atoms with Crippen LogP contribution in [-0.2, 0) is 24.1 Å². The van der Waals surface area contributed by atoms with Crippen LogP contribution in [-0.4, -0.2) is 52.2 Å². The largest absolute Gasteiger partial charge is 0.376 e. The van der Waals surface area contributed by atoms with Crippen LogP contribution in [0.2, 0.25) is 0 Å². The van der Waals surface area contributed by atoms with E-state index in [1.54, 1.807) is 6.33 Å². The van der Waals surface area contributed by atoms with Gasteiger partial charge in [-0.15, -0.1) is 0 Å². The van der Waals surface area contributed by atoms with Crippen molar-refractivity contribution in [2.24, 2.45) is 0 Å². The van der Waals surface area contributed by atoms with Gasteiger partial charge in [0.1, 0.15) is 12.1 Å². The molecular weight excluding hydrogens is 314 g/mol. The van der Waals surface area contributed by atoms with Crippen molar-refractivity contribution in [2.45, 2.75) is 38.3 Å². The predicted octanol–water partition coefficient (Wildman–Crippen LogP) is 2.06. The van der Waals surface area contributed by atoms with Gasteiger partial charge >= 0.3 is 0 Å². The van der Waals surface area contributed by atoms with Crippen molar-refractivity contribution in [2.75, 3.05) is 31.6 Å². The Bertz CT molecular complexity index is 687. The van der Waals surface area contributed by atoms with E-state index in [0.717, 1.165) is 64.3 Å². The van der Waals surface area contributed by atoms with Crippen LogP contribution in [0.3, 0.4) is 0 Å². The lowest BCUT2D eigenvalue weighted by Gasteiger charge is -2.19. The molecule has 1 N–H and O–H groups in total. The maximum absolute atomic E-state index is 5.71. The number of nitrogens with zero attached hydrogens (tertiary/aromatic N) is 4. The first-order valence-corrected chi connectivity index (χ1v) is 9.18. The predicted molar refractivity (Wildman–Crippen MR) is 96.4 cm³/mol. The summed E-state index contributed by atoms with van der Waals surface area (Å²) in [7, 11) is 0. The number of pyridine rings is 1. The highest BCUT2D eigenvalue weighted by Crippen LogP contribution is 2.22. The van der Waals surface area contributed by atoms with Crippen LogP contribution in [0.15, 0.2) is 30.9 Å². The molecule has 0 aromatic carbocycles. The molecule has 132 valence electrons. The molecule has 1 saturated heterocycles. The second-order valence-corrected chi connectivity index (χ2v) is 6.80. The quantitative estimate of drug-likeness (QED) is 0.900. The topological polar surface area (TPSA) is 63.2 Å². The van der Waals surface area contributed by atoms with Crippen molar-refractivity contribution in [1.82, 2.24) is 19.9 Å². The lowest BCUT2D eigenvalue weighted by atomic mass is 10.1. The van der Waals surface area contributed by atoms with E-state index in [4.69, 9.17) is 4.74 Å². The summed E-state index contributed by atoms with van der Waals surface area (Å²) < 4.78 is 5.71. The first-order chi connectivity index (χ1) is 12.4. The van der Waals surface area contributed by atoms with Gasteiger partial charge in [-0.05, 0) is 30.9 Å². The number of anilines is 1. The molecule has 2 aromatic heterocycles. The normalized spacial score (nSPS) is 20.9. The minimum absolute atomic E-state index is 0.318. The number of nitrogens with one attached hydrogen (secondary N) is 1. The molecule has 4 rings (SSSR count). The summed E-state index contributed by atoms with van der Waals surface area (Å²) in [5, 5.41) is 3.50. The van der Waals surface area contributed by atoms with Crippen LogP contribution >= 0.6 is 0 Å². The fraction of sp³-hybridized carbons (Fsp3) is 0.526. The highest BCUT2D eigenvalue weighted by atomic mass is 16.5. The molecule has 1 unspecified atom stereocenters. The smallest absolute Gasteiger partial charge is 0.132 e. The van der Waals surface area contributed by atoms with E-state index in [2.05, 4.69) is 31.2 Å². The fourth-order valence-electron chi connectivity index (χ4n) is 3.65. The number of hydrogen-bond acceptors (Lipinski definition) is 6. The Kier molecular flexibility index (Phi) is 5.18. The van der Waals surface area contributed by atoms with Gasteiger partial charge in [0.15, 0.2) is 0 Å². The molecule has 25 heavy (non-hydrogen) atoms. The highest BCUT2D eigenvalue weighted by molar-refractivity contribution is 5.46. The zero-order valence-electron chi connectivity index (χ0n) is 14.5. The van der Waals surface area contributed by atoms with Crippen LogP contribution in [0.25, 0.3) is 0 Å². The fourth-order valence-corrected chi connectivity index (χ4v) is 3.65. The summed E-state index contributed by atoms with van der Waals surface area (Å²) in [5.41, 5.74) is 3.71. The Morgan fingerprint density at radius 1 is 1.24 bits per heavy atom. The van der Waals surface area contributed by atoms with E-state index in [9.17, 15) is 0 Å². The van der Waals surface area contributed by atoms with Crippen molar-refractivity contribution in [3.05, 3.63) is 47.7 Å². The second-order valence-electron chi connectivity index (χ2n) is 6.80. The Hall–Kier alpha value is -2.05. The zero-order valence-corrected chi connectivity index (χ0v) is 14.5. The molecular formula is C19H25N5O. The lowest BCUT2D eigenvalue weighted by Crippen LogP contribution is -2.26. The van der Waals surface area contributed by atoms with Gasteiger partial charge in [-0.1, -0.05) is 6.07 Å². The Balaban J connectivity index is 1.41. The van der Waals surface area contributed by atoms with E-state index in [1.807, 2.05) is 18.5 Å². The summed E-state index contributed by atoms with van der Waals surface area (Å²) in [4.78, 5) is 15.7. The number of rotatable bonds is 5. The summed E-state index contributed by atoms with van der Waals surface area (Å²) in [6, 6.07) is 4.14. The van der Waals surface area contributed by atoms with Gasteiger partial charge in [-0.3, -0.25) is 9.88 Å². The third kappa shape index (κ3) is 4.14. The zero-order chi connectivity index (χ0) is 16.9. The summed E-state index contributed by atoms with van der Waals surface area (Å²) >= 11 is 0. The van der Waals surface area contributed by atoms with Gasteiger partial charge in [0, 0.05) is 57.2 Å². The first kappa shape index (κ1) is 16.4. The first-order valence-electron chi connectivity index (χ1n) is 9.18. The van der Waals surface area contributed by atoms with Gasteiger partial charge in [-0.2, -0.15) is 0 Å². The number of fused-ring (bicyclic) bond motifs is 1. The Labute approximate surface area is 148 Å². The summed E-state index contributed by atoms with van der Waals surface area (Å²) in [5.74, 6) is 0.990. The van der Waals surface area contributed by atoms with Crippen molar-refractivity contribution < 1.29 is 4.74 Å². The van der Waals surface area contributed by atoms with E-state index in [0.29, 0.717) is 6.10 Å². The van der Waals surface area contributed by atoms with Gasteiger partial charge in [0.05, 0.1) is 11.8 Å². The van der Waals surface area contributed by atoms with Gasteiger partial charge in [-0.25, -0.2) is 9.97 Å². The van der Waals surface area contributed by atoms with E-state index in [-0.39, 0.29) is 0 Å². The number of aromatic nitrogens is 3. The maximum atomic E-state index is 5.71. The lowest BCUT2D eigenvalue weighted by molar-refractivity contribution is 0.120. The Morgan fingerprint density at radius 3 is 3.04 bits per heavy atom.